The molecule has 3 N–H and O–H groups in total. The molecule has 26 heavy (non-hydrogen) atoms. The number of hydrogen-bond acceptors (Lipinski definition) is 4. The first-order valence-electron chi connectivity index (χ1n) is 8.83. The minimum absolute atomic E-state index is 0.153. The predicted octanol–water partition coefficient (Wildman–Crippen LogP) is 0.968. The Morgan fingerprint density at radius 2 is 1.77 bits per heavy atom. The van der Waals surface area contributed by atoms with Crippen molar-refractivity contribution in [2.24, 2.45) is 0 Å². The summed E-state index contributed by atoms with van der Waals surface area (Å²) in [5.74, 6) is -0.354. The van der Waals surface area contributed by atoms with Crippen molar-refractivity contribution in [1.82, 2.24) is 10.2 Å². The van der Waals surface area contributed by atoms with Gasteiger partial charge >= 0.3 is 0 Å². The molecule has 2 aromatic rings. The number of amides is 2. The highest BCUT2D eigenvalue weighted by molar-refractivity contribution is 5.98. The van der Waals surface area contributed by atoms with Gasteiger partial charge in [0.1, 0.15) is 23.9 Å². The van der Waals surface area contributed by atoms with E-state index in [0.29, 0.717) is 6.42 Å². The molecule has 4 atom stereocenters. The zero-order chi connectivity index (χ0) is 17.9. The number of para-hydroxylation sites is 1. The van der Waals surface area contributed by atoms with Gasteiger partial charge in [-0.3, -0.25) is 9.59 Å². The van der Waals surface area contributed by atoms with Crippen molar-refractivity contribution in [3.05, 3.63) is 65.7 Å². The first-order valence-corrected chi connectivity index (χ1v) is 8.83. The highest BCUT2D eigenvalue weighted by atomic mass is 16.3. The van der Waals surface area contributed by atoms with Gasteiger partial charge in [0, 0.05) is 24.1 Å². The van der Waals surface area contributed by atoms with Crippen LogP contribution in [0.4, 0.5) is 5.69 Å². The summed E-state index contributed by atoms with van der Waals surface area (Å²) < 4.78 is 0. The number of nitrogens with zero attached hydrogens (tertiary/aromatic N) is 1. The molecule has 6 heteroatoms. The van der Waals surface area contributed by atoms with E-state index in [-0.39, 0.29) is 18.2 Å². The lowest BCUT2D eigenvalue weighted by atomic mass is 9.91. The van der Waals surface area contributed by atoms with Gasteiger partial charge in [0.05, 0.1) is 0 Å². The largest absolute Gasteiger partial charge is 0.381 e. The summed E-state index contributed by atoms with van der Waals surface area (Å²) in [6, 6.07) is 15.8. The Balaban J connectivity index is 1.48. The van der Waals surface area contributed by atoms with Crippen LogP contribution in [0.2, 0.25) is 0 Å². The summed E-state index contributed by atoms with van der Waals surface area (Å²) in [4.78, 5) is 27.4. The van der Waals surface area contributed by atoms with Crippen LogP contribution in [0.5, 0.6) is 0 Å². The molecule has 2 amide bonds. The van der Waals surface area contributed by atoms with Crippen molar-refractivity contribution in [3.63, 3.8) is 0 Å². The van der Waals surface area contributed by atoms with E-state index in [1.807, 2.05) is 54.6 Å². The van der Waals surface area contributed by atoms with Crippen LogP contribution in [0.1, 0.15) is 17.5 Å². The summed E-state index contributed by atoms with van der Waals surface area (Å²) in [5.41, 5.74) is 1.31. The zero-order valence-corrected chi connectivity index (χ0v) is 14.1. The van der Waals surface area contributed by atoms with Gasteiger partial charge in [-0.25, -0.2) is 0 Å². The third kappa shape index (κ3) is 2.02. The van der Waals surface area contributed by atoms with E-state index >= 15 is 0 Å². The fourth-order valence-electron chi connectivity index (χ4n) is 4.49. The molecule has 3 aliphatic heterocycles. The second-order valence-electron chi connectivity index (χ2n) is 7.23. The van der Waals surface area contributed by atoms with Gasteiger partial charge in [0.25, 0.3) is 0 Å². The van der Waals surface area contributed by atoms with Crippen LogP contribution < -0.4 is 10.6 Å². The third-order valence-corrected chi connectivity index (χ3v) is 5.71. The minimum Gasteiger partial charge on any atom is -0.381 e. The van der Waals surface area contributed by atoms with E-state index in [1.165, 1.54) is 0 Å². The Hall–Kier alpha value is -2.86. The van der Waals surface area contributed by atoms with Crippen molar-refractivity contribution in [3.8, 4) is 0 Å². The van der Waals surface area contributed by atoms with Gasteiger partial charge in [0.2, 0.25) is 11.8 Å². The van der Waals surface area contributed by atoms with Gasteiger partial charge in [-0.1, -0.05) is 48.5 Å². The van der Waals surface area contributed by atoms with Gasteiger partial charge in [0.15, 0.2) is 0 Å². The number of aliphatic hydroxyl groups is 1. The van der Waals surface area contributed by atoms with Gasteiger partial charge < -0.3 is 20.6 Å². The number of benzene rings is 2. The number of anilines is 1. The summed E-state index contributed by atoms with van der Waals surface area (Å²) in [6.45, 7) is 0. The van der Waals surface area contributed by atoms with Crippen LogP contribution >= 0.6 is 0 Å². The average molecular weight is 349 g/mol. The standard InChI is InChI=1S/C20H19N3O3/c24-17-16-11-20(26)13-8-4-5-9-14(13)22-19(20)23(16)18(25)15(21-17)10-12-6-2-1-3-7-12/h1-9,15-16,19,22,26H,10-11H2,(H,21,24)/t15-,16-,19+,20-/m0/s1. The van der Waals surface area contributed by atoms with Crippen LogP contribution in [0.25, 0.3) is 0 Å². The first-order chi connectivity index (χ1) is 12.6. The number of hydrogen-bond donors (Lipinski definition) is 3. The van der Waals surface area contributed by atoms with Crippen molar-refractivity contribution >= 4 is 17.5 Å². The van der Waals surface area contributed by atoms with Crippen molar-refractivity contribution in [1.29, 1.82) is 0 Å². The number of carbonyl (C=O) groups excluding carboxylic acids is 2. The van der Waals surface area contributed by atoms with E-state index in [1.54, 1.807) is 4.90 Å². The molecule has 2 aromatic carbocycles. The smallest absolute Gasteiger partial charge is 0.247 e. The maximum absolute atomic E-state index is 13.2. The van der Waals surface area contributed by atoms with Crippen LogP contribution in [0.3, 0.4) is 0 Å². The second kappa shape index (κ2) is 5.32. The molecule has 0 saturated carbocycles. The van der Waals surface area contributed by atoms with E-state index in [2.05, 4.69) is 10.6 Å². The first kappa shape index (κ1) is 15.4. The van der Waals surface area contributed by atoms with Gasteiger partial charge in [-0.2, -0.15) is 0 Å². The lowest BCUT2D eigenvalue weighted by Gasteiger charge is -2.37. The Labute approximate surface area is 150 Å². The average Bonchev–Trinajstić information content (AvgIpc) is 3.10. The lowest BCUT2D eigenvalue weighted by Crippen LogP contribution is -2.64. The van der Waals surface area contributed by atoms with Crippen LogP contribution in [0.15, 0.2) is 54.6 Å². The van der Waals surface area contributed by atoms with Gasteiger partial charge in [-0.15, -0.1) is 0 Å². The number of nitrogens with one attached hydrogen (secondary N) is 2. The van der Waals surface area contributed by atoms with E-state index in [9.17, 15) is 14.7 Å². The highest BCUT2D eigenvalue weighted by Crippen LogP contribution is 2.49. The SMILES string of the molecule is O=C1N[C@@H](Cc2ccccc2)C(=O)N2[C@H]3Nc4ccccc4[C@@]3(O)C[C@@H]12. The third-order valence-electron chi connectivity index (χ3n) is 5.71. The van der Waals surface area contributed by atoms with Crippen molar-refractivity contribution < 1.29 is 14.7 Å². The molecule has 0 spiro atoms. The molecular weight excluding hydrogens is 330 g/mol. The highest BCUT2D eigenvalue weighted by Gasteiger charge is 2.62. The molecule has 0 aliphatic carbocycles. The van der Waals surface area contributed by atoms with Crippen LogP contribution in [-0.2, 0) is 21.6 Å². The maximum atomic E-state index is 13.2. The summed E-state index contributed by atoms with van der Waals surface area (Å²) in [7, 11) is 0. The van der Waals surface area contributed by atoms with Gasteiger partial charge in [-0.05, 0) is 11.6 Å². The molecule has 2 fully saturated rings. The zero-order valence-electron chi connectivity index (χ0n) is 14.1. The molecule has 0 radical (unpaired) electrons. The number of rotatable bonds is 2. The Morgan fingerprint density at radius 3 is 2.58 bits per heavy atom. The van der Waals surface area contributed by atoms with E-state index in [0.717, 1.165) is 16.8 Å². The topological polar surface area (TPSA) is 81.7 Å². The molecular formula is C20H19N3O3. The van der Waals surface area contributed by atoms with Crippen molar-refractivity contribution in [2.45, 2.75) is 36.7 Å². The Kier molecular flexibility index (Phi) is 3.15. The van der Waals surface area contributed by atoms with Crippen molar-refractivity contribution in [2.75, 3.05) is 5.32 Å². The summed E-state index contributed by atoms with van der Waals surface area (Å²) >= 11 is 0. The quantitative estimate of drug-likeness (QED) is 0.755. The molecule has 3 heterocycles. The molecule has 0 unspecified atom stereocenters. The monoisotopic (exact) mass is 349 g/mol. The number of fused-ring (bicyclic) bond motifs is 5. The Morgan fingerprint density at radius 1 is 1.04 bits per heavy atom. The molecule has 132 valence electrons. The molecule has 2 saturated heterocycles. The molecule has 0 bridgehead atoms. The molecule has 3 aliphatic rings. The normalized spacial score (nSPS) is 31.7. The summed E-state index contributed by atoms with van der Waals surface area (Å²) in [6.07, 6.45) is 0.0334. The second-order valence-corrected chi connectivity index (χ2v) is 7.23. The van der Waals surface area contributed by atoms with Crippen LogP contribution in [-0.4, -0.2) is 40.1 Å². The fourth-order valence-corrected chi connectivity index (χ4v) is 4.49. The lowest BCUT2D eigenvalue weighted by molar-refractivity contribution is -0.149. The predicted molar refractivity (Wildman–Crippen MR) is 95.1 cm³/mol. The molecule has 5 rings (SSSR count). The van der Waals surface area contributed by atoms with E-state index in [4.69, 9.17) is 0 Å². The minimum atomic E-state index is -1.24. The number of carbonyl (C=O) groups is 2. The molecule has 6 nitrogen and oxygen atoms in total. The maximum Gasteiger partial charge on any atom is 0.247 e. The number of piperazine rings is 1. The summed E-state index contributed by atoms with van der Waals surface area (Å²) in [5, 5.41) is 17.4. The molecule has 0 aromatic heterocycles. The fraction of sp³-hybridized carbons (Fsp3) is 0.300. The Bertz CT molecular complexity index is 900. The van der Waals surface area contributed by atoms with E-state index < -0.39 is 23.9 Å². The van der Waals surface area contributed by atoms with Crippen LogP contribution in [0, 0.1) is 0 Å².